The summed E-state index contributed by atoms with van der Waals surface area (Å²) in [7, 11) is 1.44. The second-order valence-electron chi connectivity index (χ2n) is 4.53. The molecule has 94 valence electrons. The molecule has 0 radical (unpaired) electrons. The zero-order chi connectivity index (χ0) is 11.8. The molecule has 1 N–H and O–H groups in total. The Kier molecular flexibility index (Phi) is 6.42. The van der Waals surface area contributed by atoms with Crippen LogP contribution in [-0.2, 0) is 9.53 Å². The number of methoxy groups -OCH3 is 1. The lowest BCUT2D eigenvalue weighted by Gasteiger charge is -2.15. The molecule has 0 bridgehead atoms. The van der Waals surface area contributed by atoms with Crippen molar-refractivity contribution < 1.29 is 9.53 Å². The van der Waals surface area contributed by atoms with E-state index < -0.39 is 0 Å². The first kappa shape index (κ1) is 13.5. The number of nitrogens with one attached hydrogen (secondary N) is 1. The third-order valence-corrected chi connectivity index (χ3v) is 3.08. The molecule has 4 nitrogen and oxygen atoms in total. The summed E-state index contributed by atoms with van der Waals surface area (Å²) in [5.41, 5.74) is 0. The maximum atomic E-state index is 11.1. The Balaban J connectivity index is 1.92. The Labute approximate surface area is 98.3 Å². The molecule has 0 aromatic rings. The average molecular weight is 228 g/mol. The summed E-state index contributed by atoms with van der Waals surface area (Å²) in [5, 5.41) is 3.30. The Bertz CT molecular complexity index is 203. The predicted octanol–water partition coefficient (Wildman–Crippen LogP) is 0.871. The maximum Gasteiger partial charge on any atom is 0.309 e. The van der Waals surface area contributed by atoms with Crippen molar-refractivity contribution in [2.75, 3.05) is 39.8 Å². The van der Waals surface area contributed by atoms with Crippen molar-refractivity contribution in [2.45, 2.75) is 26.2 Å². The van der Waals surface area contributed by atoms with Crippen LogP contribution in [0.1, 0.15) is 26.2 Å². The van der Waals surface area contributed by atoms with Gasteiger partial charge in [-0.05, 0) is 45.4 Å². The van der Waals surface area contributed by atoms with Gasteiger partial charge >= 0.3 is 5.97 Å². The van der Waals surface area contributed by atoms with Crippen LogP contribution in [0.2, 0.25) is 0 Å². The highest BCUT2D eigenvalue weighted by Crippen LogP contribution is 2.06. The lowest BCUT2D eigenvalue weighted by molar-refractivity contribution is -0.144. The van der Waals surface area contributed by atoms with E-state index in [1.165, 1.54) is 39.6 Å². The quantitative estimate of drug-likeness (QED) is 0.518. The minimum absolute atomic E-state index is 0.0446. The van der Waals surface area contributed by atoms with Crippen LogP contribution in [0.25, 0.3) is 0 Å². The molecule has 1 atom stereocenters. The number of carbonyl (C=O) groups excluding carboxylic acids is 1. The fourth-order valence-corrected chi connectivity index (χ4v) is 2.04. The van der Waals surface area contributed by atoms with Crippen LogP contribution in [0, 0.1) is 5.92 Å². The summed E-state index contributed by atoms with van der Waals surface area (Å²) in [6.07, 6.45) is 3.87. The first-order valence-electron chi connectivity index (χ1n) is 6.25. The molecule has 16 heavy (non-hydrogen) atoms. The largest absolute Gasteiger partial charge is 0.469 e. The van der Waals surface area contributed by atoms with Gasteiger partial charge in [0.1, 0.15) is 0 Å². The third-order valence-electron chi connectivity index (χ3n) is 3.08. The third kappa shape index (κ3) is 4.94. The van der Waals surface area contributed by atoms with Crippen LogP contribution in [0.4, 0.5) is 0 Å². The molecule has 1 aliphatic heterocycles. The number of hydrogen-bond acceptors (Lipinski definition) is 4. The van der Waals surface area contributed by atoms with Gasteiger partial charge in [-0.3, -0.25) is 4.79 Å². The van der Waals surface area contributed by atoms with Crippen LogP contribution in [0.5, 0.6) is 0 Å². The van der Waals surface area contributed by atoms with E-state index in [0.717, 1.165) is 13.0 Å². The van der Waals surface area contributed by atoms with E-state index in [2.05, 4.69) is 15.0 Å². The smallest absolute Gasteiger partial charge is 0.309 e. The number of ether oxygens (including phenoxy) is 1. The Morgan fingerprint density at radius 1 is 1.44 bits per heavy atom. The molecule has 4 heteroatoms. The normalized spacial score (nSPS) is 18.6. The second kappa shape index (κ2) is 7.63. The molecule has 1 fully saturated rings. The molecule has 0 amide bonds. The van der Waals surface area contributed by atoms with Gasteiger partial charge in [-0.25, -0.2) is 0 Å². The summed E-state index contributed by atoms with van der Waals surface area (Å²) in [6.45, 7) is 7.29. The van der Waals surface area contributed by atoms with Crippen LogP contribution in [-0.4, -0.2) is 50.7 Å². The highest BCUT2D eigenvalue weighted by Gasteiger charge is 2.12. The Hall–Kier alpha value is -0.610. The molecule has 0 aromatic carbocycles. The van der Waals surface area contributed by atoms with E-state index in [0.29, 0.717) is 6.54 Å². The molecular formula is C12H24N2O2. The first-order valence-corrected chi connectivity index (χ1v) is 6.25. The predicted molar refractivity (Wildman–Crippen MR) is 64.3 cm³/mol. The average Bonchev–Trinajstić information content (AvgIpc) is 2.80. The number of esters is 1. The van der Waals surface area contributed by atoms with Crippen LogP contribution < -0.4 is 5.32 Å². The van der Waals surface area contributed by atoms with E-state index in [1.807, 2.05) is 6.92 Å². The van der Waals surface area contributed by atoms with Crippen molar-refractivity contribution in [3.05, 3.63) is 0 Å². The summed E-state index contributed by atoms with van der Waals surface area (Å²) in [4.78, 5) is 13.6. The van der Waals surface area contributed by atoms with Gasteiger partial charge in [0.25, 0.3) is 0 Å². The van der Waals surface area contributed by atoms with E-state index in [1.54, 1.807) is 0 Å². The fourth-order valence-electron chi connectivity index (χ4n) is 2.04. The molecule has 0 aromatic heterocycles. The summed E-state index contributed by atoms with van der Waals surface area (Å²) < 4.78 is 4.66. The van der Waals surface area contributed by atoms with Gasteiger partial charge in [-0.1, -0.05) is 6.92 Å². The first-order chi connectivity index (χ1) is 7.74. The molecular weight excluding hydrogens is 204 g/mol. The second-order valence-corrected chi connectivity index (χ2v) is 4.53. The number of nitrogens with zero attached hydrogens (tertiary/aromatic N) is 1. The zero-order valence-corrected chi connectivity index (χ0v) is 10.5. The van der Waals surface area contributed by atoms with E-state index in [4.69, 9.17) is 0 Å². The number of hydrogen-bond donors (Lipinski definition) is 1. The maximum absolute atomic E-state index is 11.1. The van der Waals surface area contributed by atoms with E-state index in [9.17, 15) is 4.79 Å². The van der Waals surface area contributed by atoms with Crippen molar-refractivity contribution in [1.82, 2.24) is 10.2 Å². The number of rotatable bonds is 7. The van der Waals surface area contributed by atoms with Crippen molar-refractivity contribution in [2.24, 2.45) is 5.92 Å². The lowest BCUT2D eigenvalue weighted by Crippen LogP contribution is -2.30. The summed E-state index contributed by atoms with van der Waals surface area (Å²) >= 11 is 0. The SMILES string of the molecule is COC(=O)C(C)CNCCCN1CCCC1. The minimum atomic E-state index is -0.132. The Morgan fingerprint density at radius 2 is 2.12 bits per heavy atom. The standard InChI is InChI=1S/C12H24N2O2/c1-11(12(15)16-2)10-13-6-5-9-14-7-3-4-8-14/h11,13H,3-10H2,1-2H3. The molecule has 1 unspecified atom stereocenters. The van der Waals surface area contributed by atoms with Crippen molar-refractivity contribution in [1.29, 1.82) is 0 Å². The van der Waals surface area contributed by atoms with Gasteiger partial charge in [0.2, 0.25) is 0 Å². The van der Waals surface area contributed by atoms with E-state index in [-0.39, 0.29) is 11.9 Å². The minimum Gasteiger partial charge on any atom is -0.469 e. The molecule has 0 saturated carbocycles. The highest BCUT2D eigenvalue weighted by molar-refractivity contribution is 5.71. The van der Waals surface area contributed by atoms with Crippen molar-refractivity contribution in [3.63, 3.8) is 0 Å². The topological polar surface area (TPSA) is 41.6 Å². The molecule has 0 spiro atoms. The van der Waals surface area contributed by atoms with Crippen LogP contribution in [0.3, 0.4) is 0 Å². The summed E-state index contributed by atoms with van der Waals surface area (Å²) in [6, 6.07) is 0. The fraction of sp³-hybridized carbons (Fsp3) is 0.917. The molecule has 1 rings (SSSR count). The van der Waals surface area contributed by atoms with Gasteiger partial charge in [0.05, 0.1) is 13.0 Å². The Morgan fingerprint density at radius 3 is 2.75 bits per heavy atom. The van der Waals surface area contributed by atoms with Crippen LogP contribution >= 0.6 is 0 Å². The molecule has 0 aliphatic carbocycles. The van der Waals surface area contributed by atoms with Gasteiger partial charge in [-0.15, -0.1) is 0 Å². The summed E-state index contributed by atoms with van der Waals surface area (Å²) in [5.74, 6) is -0.177. The highest BCUT2D eigenvalue weighted by atomic mass is 16.5. The van der Waals surface area contributed by atoms with Gasteiger partial charge in [-0.2, -0.15) is 0 Å². The molecule has 1 saturated heterocycles. The van der Waals surface area contributed by atoms with Crippen molar-refractivity contribution in [3.8, 4) is 0 Å². The van der Waals surface area contributed by atoms with Gasteiger partial charge in [0, 0.05) is 6.54 Å². The van der Waals surface area contributed by atoms with Crippen LogP contribution in [0.15, 0.2) is 0 Å². The monoisotopic (exact) mass is 228 g/mol. The molecule has 1 heterocycles. The van der Waals surface area contributed by atoms with Crippen molar-refractivity contribution >= 4 is 5.97 Å². The van der Waals surface area contributed by atoms with E-state index >= 15 is 0 Å². The van der Waals surface area contributed by atoms with Gasteiger partial charge < -0.3 is 15.0 Å². The molecule has 1 aliphatic rings. The zero-order valence-electron chi connectivity index (χ0n) is 10.5. The number of likely N-dealkylation sites (tertiary alicyclic amines) is 1. The lowest BCUT2D eigenvalue weighted by atomic mass is 10.2. The van der Waals surface area contributed by atoms with Gasteiger partial charge in [0.15, 0.2) is 0 Å². The number of carbonyl (C=O) groups is 1.